The summed E-state index contributed by atoms with van der Waals surface area (Å²) in [4.78, 5) is 39.2. The average molecular weight is 509 g/mol. The molecule has 0 radical (unpaired) electrons. The van der Waals surface area contributed by atoms with Gasteiger partial charge in [0.25, 0.3) is 11.8 Å². The first-order chi connectivity index (χ1) is 17.3. The molecule has 2 aromatic rings. The molecule has 10 heteroatoms. The number of hydrogen-bond donors (Lipinski definition) is 2. The molecule has 0 unspecified atom stereocenters. The predicted molar refractivity (Wildman–Crippen MR) is 132 cm³/mol. The molecule has 1 saturated carbocycles. The number of amides is 2. The summed E-state index contributed by atoms with van der Waals surface area (Å²) in [5.41, 5.74) is 0.152. The monoisotopic (exact) mass is 508 g/mol. The van der Waals surface area contributed by atoms with Crippen molar-refractivity contribution in [3.63, 3.8) is 0 Å². The maximum atomic E-state index is 13.4. The van der Waals surface area contributed by atoms with E-state index in [0.29, 0.717) is 30.0 Å². The molecule has 5 rings (SSSR count). The van der Waals surface area contributed by atoms with Gasteiger partial charge in [-0.1, -0.05) is 24.6 Å². The molecule has 2 aromatic carbocycles. The fourth-order valence-corrected chi connectivity index (χ4v) is 4.92. The van der Waals surface area contributed by atoms with Crippen molar-refractivity contribution in [1.29, 1.82) is 0 Å². The van der Waals surface area contributed by atoms with Crippen LogP contribution in [0.3, 0.4) is 0 Å². The van der Waals surface area contributed by atoms with Gasteiger partial charge in [-0.05, 0) is 67.5 Å². The van der Waals surface area contributed by atoms with E-state index in [9.17, 15) is 19.5 Å². The molecular formula is C26H24N2O7S. The van der Waals surface area contributed by atoms with Gasteiger partial charge in [0.2, 0.25) is 0 Å². The molecule has 0 aromatic heterocycles. The van der Waals surface area contributed by atoms with E-state index in [4.69, 9.17) is 26.4 Å². The molecule has 2 saturated heterocycles. The van der Waals surface area contributed by atoms with Crippen molar-refractivity contribution in [3.05, 3.63) is 66.2 Å². The minimum atomic E-state index is -1.33. The van der Waals surface area contributed by atoms with Crippen LogP contribution in [0.2, 0.25) is 0 Å². The Morgan fingerprint density at radius 2 is 1.69 bits per heavy atom. The van der Waals surface area contributed by atoms with Crippen LogP contribution in [0, 0.1) is 0 Å². The number of carboxylic acid groups (broad SMARTS) is 1. The summed E-state index contributed by atoms with van der Waals surface area (Å²) in [5, 5.41) is 12.1. The summed E-state index contributed by atoms with van der Waals surface area (Å²) in [5.74, 6) is -2.42. The number of benzene rings is 2. The number of carbonyl (C=O) groups is 3. The van der Waals surface area contributed by atoms with Crippen LogP contribution in [0.15, 0.2) is 66.2 Å². The van der Waals surface area contributed by atoms with Crippen LogP contribution in [0.4, 0.5) is 5.69 Å². The summed E-state index contributed by atoms with van der Waals surface area (Å²) in [6, 6.07) is 15.9. The predicted octanol–water partition coefficient (Wildman–Crippen LogP) is 3.68. The lowest BCUT2D eigenvalue weighted by Crippen LogP contribution is -2.54. The third-order valence-corrected chi connectivity index (χ3v) is 6.64. The Labute approximate surface area is 212 Å². The van der Waals surface area contributed by atoms with Crippen LogP contribution in [0.25, 0.3) is 0 Å². The first-order valence-electron chi connectivity index (χ1n) is 11.7. The van der Waals surface area contributed by atoms with Gasteiger partial charge >= 0.3 is 5.97 Å². The van der Waals surface area contributed by atoms with Gasteiger partial charge in [0.05, 0.1) is 5.69 Å². The van der Waals surface area contributed by atoms with Crippen LogP contribution in [-0.4, -0.2) is 46.0 Å². The Morgan fingerprint density at radius 3 is 2.36 bits per heavy atom. The SMILES string of the molecule is O=C1NC(=S)N(c2ccc(Oc3ccccc3)cc2)C(=O)/C1=C\[C@H]1OC2(CCCCC2)O[C@H]1C(=O)O. The second-order valence-electron chi connectivity index (χ2n) is 8.82. The number of thiocarbonyl (C=S) groups is 1. The highest BCUT2D eigenvalue weighted by molar-refractivity contribution is 7.80. The average Bonchev–Trinajstić information content (AvgIpc) is 3.21. The van der Waals surface area contributed by atoms with E-state index in [1.165, 1.54) is 11.0 Å². The van der Waals surface area contributed by atoms with E-state index in [-0.39, 0.29) is 10.7 Å². The number of carboxylic acids is 1. The maximum absolute atomic E-state index is 13.4. The zero-order valence-electron chi connectivity index (χ0n) is 19.2. The van der Waals surface area contributed by atoms with Crippen molar-refractivity contribution in [2.75, 3.05) is 4.90 Å². The zero-order chi connectivity index (χ0) is 25.3. The lowest BCUT2D eigenvalue weighted by atomic mass is 9.94. The molecule has 36 heavy (non-hydrogen) atoms. The summed E-state index contributed by atoms with van der Waals surface area (Å²) in [6.45, 7) is 0. The van der Waals surface area contributed by atoms with Crippen LogP contribution >= 0.6 is 12.2 Å². The Balaban J connectivity index is 1.39. The van der Waals surface area contributed by atoms with E-state index in [0.717, 1.165) is 19.3 Å². The van der Waals surface area contributed by atoms with Crippen molar-refractivity contribution in [2.45, 2.75) is 50.1 Å². The quantitative estimate of drug-likeness (QED) is 0.357. The number of hydrogen-bond acceptors (Lipinski definition) is 7. The minimum absolute atomic E-state index is 0.0824. The van der Waals surface area contributed by atoms with Crippen LogP contribution in [0.5, 0.6) is 11.5 Å². The number of ether oxygens (including phenoxy) is 3. The van der Waals surface area contributed by atoms with E-state index in [1.54, 1.807) is 24.3 Å². The molecular weight excluding hydrogens is 484 g/mol. The minimum Gasteiger partial charge on any atom is -0.479 e. The molecule has 2 amide bonds. The fourth-order valence-electron chi connectivity index (χ4n) is 4.64. The van der Waals surface area contributed by atoms with E-state index in [2.05, 4.69) is 5.32 Å². The smallest absolute Gasteiger partial charge is 0.336 e. The van der Waals surface area contributed by atoms with Crippen molar-refractivity contribution in [3.8, 4) is 11.5 Å². The molecule has 2 N–H and O–H groups in total. The van der Waals surface area contributed by atoms with E-state index < -0.39 is 35.8 Å². The van der Waals surface area contributed by atoms with Gasteiger partial charge in [0, 0.05) is 12.8 Å². The van der Waals surface area contributed by atoms with Gasteiger partial charge in [0.1, 0.15) is 23.2 Å². The van der Waals surface area contributed by atoms with E-state index >= 15 is 0 Å². The van der Waals surface area contributed by atoms with Gasteiger partial charge < -0.3 is 19.3 Å². The number of rotatable bonds is 5. The molecule has 0 bridgehead atoms. The number of para-hydroxylation sites is 1. The Kier molecular flexibility index (Phi) is 6.57. The number of carbonyl (C=O) groups excluding carboxylic acids is 2. The highest BCUT2D eigenvalue weighted by Crippen LogP contribution is 2.41. The molecule has 3 aliphatic rings. The second kappa shape index (κ2) is 9.81. The maximum Gasteiger partial charge on any atom is 0.336 e. The lowest BCUT2D eigenvalue weighted by Gasteiger charge is -2.31. The van der Waals surface area contributed by atoms with Crippen molar-refractivity contribution < 1.29 is 33.7 Å². The van der Waals surface area contributed by atoms with Crippen LogP contribution in [0.1, 0.15) is 32.1 Å². The first-order valence-corrected chi connectivity index (χ1v) is 12.1. The van der Waals surface area contributed by atoms with Crippen molar-refractivity contribution in [1.82, 2.24) is 5.32 Å². The topological polar surface area (TPSA) is 114 Å². The molecule has 9 nitrogen and oxygen atoms in total. The highest BCUT2D eigenvalue weighted by Gasteiger charge is 2.51. The third kappa shape index (κ3) is 4.75. The fraction of sp³-hybridized carbons (Fsp3) is 0.308. The number of aliphatic carboxylic acids is 1. The third-order valence-electron chi connectivity index (χ3n) is 6.36. The zero-order valence-corrected chi connectivity index (χ0v) is 20.0. The van der Waals surface area contributed by atoms with Gasteiger partial charge in [0.15, 0.2) is 17.0 Å². The molecule has 2 heterocycles. The number of anilines is 1. The van der Waals surface area contributed by atoms with Gasteiger partial charge in [-0.2, -0.15) is 0 Å². The number of nitrogens with one attached hydrogen (secondary N) is 1. The highest BCUT2D eigenvalue weighted by atomic mass is 32.1. The summed E-state index contributed by atoms with van der Waals surface area (Å²) < 4.78 is 17.6. The Bertz CT molecular complexity index is 1220. The van der Waals surface area contributed by atoms with Crippen molar-refractivity contribution in [2.24, 2.45) is 0 Å². The number of nitrogens with zero attached hydrogens (tertiary/aromatic N) is 1. The molecule has 1 spiro atoms. The molecule has 1 aliphatic carbocycles. The largest absolute Gasteiger partial charge is 0.479 e. The lowest BCUT2D eigenvalue weighted by molar-refractivity contribution is -0.196. The summed E-state index contributed by atoms with van der Waals surface area (Å²) in [6.07, 6.45) is 2.65. The first kappa shape index (κ1) is 24.1. The second-order valence-corrected chi connectivity index (χ2v) is 9.21. The molecule has 186 valence electrons. The normalized spacial score (nSPS) is 24.7. The van der Waals surface area contributed by atoms with Crippen molar-refractivity contribution >= 4 is 40.8 Å². The standard InChI is InChI=1S/C26H24N2O7S/c29-22-19(15-20-21(24(31)32)35-26(34-20)13-5-2-6-14-26)23(30)28(25(36)27-22)16-9-11-18(12-10-16)33-17-7-3-1-4-8-17/h1,3-4,7-12,15,20-21H,2,5-6,13-14H2,(H,31,32)(H,27,29,36)/b19-15-/t20-,21-/m1/s1. The van der Waals surface area contributed by atoms with Gasteiger partial charge in [-0.25, -0.2) is 4.79 Å². The molecule has 3 fully saturated rings. The van der Waals surface area contributed by atoms with Crippen LogP contribution < -0.4 is 15.0 Å². The summed E-state index contributed by atoms with van der Waals surface area (Å²) in [7, 11) is 0. The van der Waals surface area contributed by atoms with Crippen LogP contribution in [-0.2, 0) is 23.9 Å². The summed E-state index contributed by atoms with van der Waals surface area (Å²) >= 11 is 5.26. The Hall–Kier alpha value is -3.60. The van der Waals surface area contributed by atoms with Gasteiger partial charge in [-0.15, -0.1) is 0 Å². The molecule has 2 aliphatic heterocycles. The molecule has 2 atom stereocenters. The van der Waals surface area contributed by atoms with E-state index in [1.807, 2.05) is 30.3 Å². The van der Waals surface area contributed by atoms with Gasteiger partial charge in [-0.3, -0.25) is 19.8 Å². The Morgan fingerprint density at radius 1 is 1.03 bits per heavy atom.